The van der Waals surface area contributed by atoms with Crippen LogP contribution in [-0.2, 0) is 9.59 Å². The molecule has 2 fully saturated rings. The van der Waals surface area contributed by atoms with Crippen LogP contribution in [0.3, 0.4) is 0 Å². The van der Waals surface area contributed by atoms with Crippen LogP contribution in [0, 0.1) is 17.3 Å². The van der Waals surface area contributed by atoms with Crippen LogP contribution >= 0.6 is 0 Å². The van der Waals surface area contributed by atoms with E-state index in [2.05, 4.69) is 13.8 Å². The highest BCUT2D eigenvalue weighted by molar-refractivity contribution is 5.81. The second-order valence-electron chi connectivity index (χ2n) is 6.57. The van der Waals surface area contributed by atoms with Crippen molar-refractivity contribution < 1.29 is 14.7 Å². The van der Waals surface area contributed by atoms with E-state index in [-0.39, 0.29) is 23.2 Å². The first-order valence-electron chi connectivity index (χ1n) is 6.91. The topological polar surface area (TPSA) is 57.6 Å². The van der Waals surface area contributed by atoms with E-state index in [1.165, 1.54) is 6.42 Å². The molecule has 1 N–H and O–H groups in total. The summed E-state index contributed by atoms with van der Waals surface area (Å²) in [7, 11) is 0. The molecule has 0 spiro atoms. The highest BCUT2D eigenvalue weighted by atomic mass is 16.4. The van der Waals surface area contributed by atoms with Crippen LogP contribution in [0.25, 0.3) is 0 Å². The first-order valence-corrected chi connectivity index (χ1v) is 6.91. The molecule has 0 radical (unpaired) electrons. The zero-order valence-corrected chi connectivity index (χ0v) is 11.3. The molecule has 2 atom stereocenters. The van der Waals surface area contributed by atoms with Gasteiger partial charge in [-0.05, 0) is 31.1 Å². The van der Waals surface area contributed by atoms with Crippen molar-refractivity contribution >= 4 is 11.9 Å². The minimum absolute atomic E-state index is 0.112. The molecule has 0 bridgehead atoms. The van der Waals surface area contributed by atoms with Gasteiger partial charge in [0.1, 0.15) is 0 Å². The molecule has 0 aromatic carbocycles. The largest absolute Gasteiger partial charge is 0.481 e. The molecule has 18 heavy (non-hydrogen) atoms. The molecular formula is C14H23NO3. The second-order valence-corrected chi connectivity index (χ2v) is 6.57. The predicted molar refractivity (Wildman–Crippen MR) is 68.1 cm³/mol. The van der Waals surface area contributed by atoms with E-state index in [0.717, 1.165) is 19.3 Å². The molecule has 1 saturated heterocycles. The average molecular weight is 253 g/mol. The Labute approximate surface area is 108 Å². The lowest BCUT2D eigenvalue weighted by atomic mass is 9.72. The van der Waals surface area contributed by atoms with E-state index in [1.807, 2.05) is 0 Å². The third-order valence-electron chi connectivity index (χ3n) is 4.40. The first kappa shape index (κ1) is 13.4. The monoisotopic (exact) mass is 253 g/mol. The molecular weight excluding hydrogens is 230 g/mol. The zero-order chi connectivity index (χ0) is 13.3. The summed E-state index contributed by atoms with van der Waals surface area (Å²) in [6, 6.07) is 0. The zero-order valence-electron chi connectivity index (χ0n) is 11.3. The quantitative estimate of drug-likeness (QED) is 0.820. The summed E-state index contributed by atoms with van der Waals surface area (Å²) >= 11 is 0. The van der Waals surface area contributed by atoms with Crippen LogP contribution in [0.4, 0.5) is 0 Å². The molecule has 0 aromatic rings. The Morgan fingerprint density at radius 3 is 2.50 bits per heavy atom. The van der Waals surface area contributed by atoms with Gasteiger partial charge in [-0.3, -0.25) is 9.59 Å². The number of carbonyl (C=O) groups excluding carboxylic acids is 1. The molecule has 2 aliphatic rings. The predicted octanol–water partition coefficient (Wildman–Crippen LogP) is 2.14. The van der Waals surface area contributed by atoms with E-state index in [0.29, 0.717) is 19.5 Å². The standard InChI is InChI=1S/C14H23NO3/c1-14(2)6-3-4-10(8-14)12(16)15-7-5-11(9-15)13(17)18/h10-11H,3-9H2,1-2H3,(H,17,18). The van der Waals surface area contributed by atoms with E-state index in [1.54, 1.807) is 4.90 Å². The van der Waals surface area contributed by atoms with Crippen LogP contribution in [-0.4, -0.2) is 35.0 Å². The van der Waals surface area contributed by atoms with Gasteiger partial charge >= 0.3 is 5.97 Å². The summed E-state index contributed by atoms with van der Waals surface area (Å²) in [5.41, 5.74) is 0.254. The molecule has 1 aliphatic carbocycles. The Morgan fingerprint density at radius 2 is 1.94 bits per heavy atom. The van der Waals surface area contributed by atoms with E-state index < -0.39 is 5.97 Å². The number of likely N-dealkylation sites (tertiary alicyclic amines) is 1. The summed E-state index contributed by atoms with van der Waals surface area (Å²) in [4.78, 5) is 25.1. The Balaban J connectivity index is 1.94. The van der Waals surface area contributed by atoms with E-state index >= 15 is 0 Å². The lowest BCUT2D eigenvalue weighted by molar-refractivity contribution is -0.142. The molecule has 4 nitrogen and oxygen atoms in total. The summed E-state index contributed by atoms with van der Waals surface area (Å²) in [5.74, 6) is -0.826. The summed E-state index contributed by atoms with van der Waals surface area (Å²) in [6.45, 7) is 5.46. The van der Waals surface area contributed by atoms with Crippen molar-refractivity contribution in [3.63, 3.8) is 0 Å². The molecule has 1 amide bonds. The van der Waals surface area contributed by atoms with Gasteiger partial charge in [0.2, 0.25) is 5.91 Å². The number of nitrogens with zero attached hydrogens (tertiary/aromatic N) is 1. The minimum atomic E-state index is -0.769. The van der Waals surface area contributed by atoms with Crippen LogP contribution in [0.1, 0.15) is 46.0 Å². The third-order valence-corrected chi connectivity index (χ3v) is 4.40. The van der Waals surface area contributed by atoms with Crippen molar-refractivity contribution in [3.05, 3.63) is 0 Å². The number of carboxylic acid groups (broad SMARTS) is 1. The average Bonchev–Trinajstić information content (AvgIpc) is 2.76. The third kappa shape index (κ3) is 2.85. The van der Waals surface area contributed by atoms with Gasteiger partial charge in [-0.1, -0.05) is 20.3 Å². The Hall–Kier alpha value is -1.06. The number of carbonyl (C=O) groups is 2. The van der Waals surface area contributed by atoms with Crippen molar-refractivity contribution in [1.29, 1.82) is 0 Å². The Kier molecular flexibility index (Phi) is 3.64. The van der Waals surface area contributed by atoms with Crippen LogP contribution < -0.4 is 0 Å². The van der Waals surface area contributed by atoms with Crippen molar-refractivity contribution in [3.8, 4) is 0 Å². The molecule has 2 unspecified atom stereocenters. The smallest absolute Gasteiger partial charge is 0.308 e. The SMILES string of the molecule is CC1(C)CCCC(C(=O)N2CCC(C(=O)O)C2)C1. The maximum Gasteiger partial charge on any atom is 0.308 e. The maximum atomic E-state index is 12.4. The first-order chi connectivity index (χ1) is 8.39. The molecule has 1 aliphatic heterocycles. The highest BCUT2D eigenvalue weighted by Crippen LogP contribution is 2.39. The van der Waals surface area contributed by atoms with Crippen molar-refractivity contribution in [2.24, 2.45) is 17.3 Å². The van der Waals surface area contributed by atoms with Crippen LogP contribution in [0.2, 0.25) is 0 Å². The molecule has 0 aromatic heterocycles. The molecule has 4 heteroatoms. The fraction of sp³-hybridized carbons (Fsp3) is 0.857. The number of amides is 1. The Bertz CT molecular complexity index is 351. The number of hydrogen-bond acceptors (Lipinski definition) is 2. The minimum Gasteiger partial charge on any atom is -0.481 e. The Morgan fingerprint density at radius 1 is 1.22 bits per heavy atom. The lowest BCUT2D eigenvalue weighted by Gasteiger charge is -2.36. The fourth-order valence-corrected chi connectivity index (χ4v) is 3.33. The maximum absolute atomic E-state index is 12.4. The molecule has 102 valence electrons. The fourth-order valence-electron chi connectivity index (χ4n) is 3.33. The van der Waals surface area contributed by atoms with E-state index in [9.17, 15) is 9.59 Å². The van der Waals surface area contributed by atoms with Gasteiger partial charge in [0.15, 0.2) is 0 Å². The van der Waals surface area contributed by atoms with Gasteiger partial charge in [-0.15, -0.1) is 0 Å². The van der Waals surface area contributed by atoms with Gasteiger partial charge < -0.3 is 10.0 Å². The summed E-state index contributed by atoms with van der Waals surface area (Å²) in [5, 5.41) is 8.97. The summed E-state index contributed by atoms with van der Waals surface area (Å²) in [6.07, 6.45) is 4.82. The molecule has 1 saturated carbocycles. The lowest BCUT2D eigenvalue weighted by Crippen LogP contribution is -2.38. The van der Waals surface area contributed by atoms with E-state index in [4.69, 9.17) is 5.11 Å². The van der Waals surface area contributed by atoms with Gasteiger partial charge in [0.05, 0.1) is 5.92 Å². The van der Waals surface area contributed by atoms with Gasteiger partial charge in [0.25, 0.3) is 0 Å². The van der Waals surface area contributed by atoms with Gasteiger partial charge in [-0.2, -0.15) is 0 Å². The number of carboxylic acids is 1. The number of aliphatic carboxylic acids is 1. The van der Waals surface area contributed by atoms with Gasteiger partial charge in [0, 0.05) is 19.0 Å². The highest BCUT2D eigenvalue weighted by Gasteiger charge is 2.37. The van der Waals surface area contributed by atoms with Crippen molar-refractivity contribution in [1.82, 2.24) is 4.90 Å². The normalized spacial score (nSPS) is 31.3. The van der Waals surface area contributed by atoms with Crippen molar-refractivity contribution in [2.45, 2.75) is 46.0 Å². The number of hydrogen-bond donors (Lipinski definition) is 1. The number of rotatable bonds is 2. The second kappa shape index (κ2) is 4.90. The van der Waals surface area contributed by atoms with Crippen LogP contribution in [0.15, 0.2) is 0 Å². The molecule has 1 heterocycles. The van der Waals surface area contributed by atoms with Gasteiger partial charge in [-0.25, -0.2) is 0 Å². The van der Waals surface area contributed by atoms with Crippen molar-refractivity contribution in [2.75, 3.05) is 13.1 Å². The summed E-state index contributed by atoms with van der Waals surface area (Å²) < 4.78 is 0. The van der Waals surface area contributed by atoms with Crippen LogP contribution in [0.5, 0.6) is 0 Å². The molecule has 2 rings (SSSR count).